The van der Waals surface area contributed by atoms with Gasteiger partial charge in [-0.1, -0.05) is 38.1 Å². The fourth-order valence-electron chi connectivity index (χ4n) is 2.68. The van der Waals surface area contributed by atoms with Crippen molar-refractivity contribution in [2.75, 3.05) is 11.9 Å². The van der Waals surface area contributed by atoms with Crippen molar-refractivity contribution < 1.29 is 4.52 Å². The lowest BCUT2D eigenvalue weighted by molar-refractivity contribution is 0.391. The first-order chi connectivity index (χ1) is 10.9. The molecule has 1 aromatic carbocycles. The second-order valence-corrected chi connectivity index (χ2v) is 6.27. The number of nitrogens with zero attached hydrogens (tertiary/aromatic N) is 2. The van der Waals surface area contributed by atoms with E-state index in [2.05, 4.69) is 48.4 Å². The van der Waals surface area contributed by atoms with E-state index in [4.69, 9.17) is 10.3 Å². The summed E-state index contributed by atoms with van der Waals surface area (Å²) in [6.07, 6.45) is 0. The first-order valence-electron chi connectivity index (χ1n) is 7.98. The van der Waals surface area contributed by atoms with Crippen LogP contribution >= 0.6 is 24.0 Å². The van der Waals surface area contributed by atoms with Gasteiger partial charge in [0.25, 0.3) is 0 Å². The quantitative estimate of drug-likeness (QED) is 0.404. The van der Waals surface area contributed by atoms with E-state index in [1.54, 1.807) is 0 Å². The van der Waals surface area contributed by atoms with Crippen molar-refractivity contribution in [1.29, 1.82) is 0 Å². The number of guanidine groups is 1. The fraction of sp³-hybridized carbons (Fsp3) is 0.444. The fourth-order valence-corrected chi connectivity index (χ4v) is 2.68. The SMILES string of the molecule is Cc1noc(C)c1C(C)CN=C(N)Nc1cccc(C(C)C)c1.I. The topological polar surface area (TPSA) is 76.4 Å². The van der Waals surface area contributed by atoms with Crippen LogP contribution in [0, 0.1) is 13.8 Å². The van der Waals surface area contributed by atoms with Gasteiger partial charge in [0.2, 0.25) is 0 Å². The van der Waals surface area contributed by atoms with Crippen molar-refractivity contribution in [3.8, 4) is 0 Å². The number of aliphatic imine (C=N–C) groups is 1. The lowest BCUT2D eigenvalue weighted by atomic mass is 10.00. The standard InChI is InChI=1S/C18H26N4O.HI/c1-11(2)15-7-6-8-16(9-15)21-18(19)20-10-12(3)17-13(4)22-23-14(17)5;/h6-9,11-12H,10H2,1-5H3,(H3,19,20,21);1H. The lowest BCUT2D eigenvalue weighted by Gasteiger charge is -2.11. The summed E-state index contributed by atoms with van der Waals surface area (Å²) in [5.74, 6) is 1.96. The number of nitrogens with one attached hydrogen (secondary N) is 1. The third-order valence-corrected chi connectivity index (χ3v) is 3.94. The van der Waals surface area contributed by atoms with Crippen molar-refractivity contribution in [3.05, 3.63) is 46.8 Å². The zero-order valence-electron chi connectivity index (χ0n) is 15.0. The summed E-state index contributed by atoms with van der Waals surface area (Å²) >= 11 is 0. The Kier molecular flexibility index (Phi) is 7.72. The van der Waals surface area contributed by atoms with Gasteiger partial charge in [0.1, 0.15) is 5.76 Å². The Balaban J connectivity index is 0.00000288. The maximum Gasteiger partial charge on any atom is 0.193 e. The molecule has 1 unspecified atom stereocenters. The third kappa shape index (κ3) is 5.22. The Morgan fingerprint density at radius 1 is 1.29 bits per heavy atom. The van der Waals surface area contributed by atoms with Gasteiger partial charge in [-0.2, -0.15) is 0 Å². The minimum Gasteiger partial charge on any atom is -0.370 e. The minimum atomic E-state index is 0. The van der Waals surface area contributed by atoms with Gasteiger partial charge in [0.05, 0.1) is 5.69 Å². The molecule has 6 heteroatoms. The summed E-state index contributed by atoms with van der Waals surface area (Å²) in [7, 11) is 0. The molecule has 1 atom stereocenters. The van der Waals surface area contributed by atoms with Crippen molar-refractivity contribution in [2.45, 2.75) is 46.5 Å². The second-order valence-electron chi connectivity index (χ2n) is 6.27. The van der Waals surface area contributed by atoms with Crippen LogP contribution in [0.25, 0.3) is 0 Å². The Morgan fingerprint density at radius 3 is 2.58 bits per heavy atom. The molecule has 0 aliphatic carbocycles. The molecule has 1 aromatic heterocycles. The van der Waals surface area contributed by atoms with E-state index in [1.165, 1.54) is 5.56 Å². The molecule has 0 bridgehead atoms. The first kappa shape index (κ1) is 20.5. The molecular formula is C18H27IN4O. The number of benzene rings is 1. The summed E-state index contributed by atoms with van der Waals surface area (Å²) in [5, 5.41) is 7.14. The zero-order valence-corrected chi connectivity index (χ0v) is 17.3. The van der Waals surface area contributed by atoms with Crippen LogP contribution in [0.15, 0.2) is 33.8 Å². The first-order valence-corrected chi connectivity index (χ1v) is 7.98. The molecule has 24 heavy (non-hydrogen) atoms. The number of hydrogen-bond donors (Lipinski definition) is 2. The molecule has 0 saturated carbocycles. The van der Waals surface area contributed by atoms with E-state index >= 15 is 0 Å². The molecule has 1 heterocycles. The maximum absolute atomic E-state index is 6.01. The van der Waals surface area contributed by atoms with E-state index in [0.29, 0.717) is 18.4 Å². The molecule has 132 valence electrons. The van der Waals surface area contributed by atoms with Gasteiger partial charge in [-0.25, -0.2) is 0 Å². The predicted octanol–water partition coefficient (Wildman–Crippen LogP) is 4.56. The smallest absolute Gasteiger partial charge is 0.193 e. The van der Waals surface area contributed by atoms with Gasteiger partial charge in [0, 0.05) is 23.7 Å². The lowest BCUT2D eigenvalue weighted by Crippen LogP contribution is -2.23. The van der Waals surface area contributed by atoms with Crippen molar-refractivity contribution >= 4 is 35.6 Å². The largest absolute Gasteiger partial charge is 0.370 e. The molecule has 0 radical (unpaired) electrons. The van der Waals surface area contributed by atoms with Gasteiger partial charge in [-0.15, -0.1) is 24.0 Å². The Morgan fingerprint density at radius 2 is 2.00 bits per heavy atom. The van der Waals surface area contributed by atoms with Crippen LogP contribution in [0.4, 0.5) is 5.69 Å². The number of aryl methyl sites for hydroxylation is 2. The maximum atomic E-state index is 6.01. The van der Waals surface area contributed by atoms with Crippen LogP contribution in [0.5, 0.6) is 0 Å². The zero-order chi connectivity index (χ0) is 17.0. The number of halogens is 1. The van der Waals surface area contributed by atoms with Crippen LogP contribution in [0.2, 0.25) is 0 Å². The molecular weight excluding hydrogens is 415 g/mol. The van der Waals surface area contributed by atoms with Crippen LogP contribution in [-0.4, -0.2) is 17.7 Å². The number of hydrogen-bond acceptors (Lipinski definition) is 3. The van der Waals surface area contributed by atoms with Crippen LogP contribution in [0.1, 0.15) is 55.2 Å². The van der Waals surface area contributed by atoms with E-state index in [-0.39, 0.29) is 29.9 Å². The van der Waals surface area contributed by atoms with E-state index < -0.39 is 0 Å². The monoisotopic (exact) mass is 442 g/mol. The Hall–Kier alpha value is -1.57. The highest BCUT2D eigenvalue weighted by molar-refractivity contribution is 14.0. The summed E-state index contributed by atoms with van der Waals surface area (Å²) in [4.78, 5) is 4.45. The third-order valence-electron chi connectivity index (χ3n) is 3.94. The van der Waals surface area contributed by atoms with Gasteiger partial charge in [-0.3, -0.25) is 4.99 Å². The number of rotatable bonds is 5. The van der Waals surface area contributed by atoms with Crippen LogP contribution in [-0.2, 0) is 0 Å². The average Bonchev–Trinajstić information content (AvgIpc) is 2.84. The Labute approximate surface area is 161 Å². The van der Waals surface area contributed by atoms with Gasteiger partial charge < -0.3 is 15.6 Å². The number of aromatic nitrogens is 1. The molecule has 0 saturated heterocycles. The van der Waals surface area contributed by atoms with E-state index in [9.17, 15) is 0 Å². The molecule has 2 rings (SSSR count). The van der Waals surface area contributed by atoms with Crippen LogP contribution < -0.4 is 11.1 Å². The van der Waals surface area contributed by atoms with Gasteiger partial charge in [-0.05, 0) is 37.5 Å². The molecule has 3 N–H and O–H groups in total. The molecule has 0 amide bonds. The average molecular weight is 442 g/mol. The molecule has 5 nitrogen and oxygen atoms in total. The summed E-state index contributed by atoms with van der Waals surface area (Å²) in [6, 6.07) is 8.23. The van der Waals surface area contributed by atoms with Crippen LogP contribution in [0.3, 0.4) is 0 Å². The summed E-state index contributed by atoms with van der Waals surface area (Å²) in [5.41, 5.74) is 10.3. The van der Waals surface area contributed by atoms with E-state index in [1.807, 2.05) is 26.0 Å². The number of anilines is 1. The summed E-state index contributed by atoms with van der Waals surface area (Å²) in [6.45, 7) is 10.9. The normalized spacial score (nSPS) is 12.8. The highest BCUT2D eigenvalue weighted by Gasteiger charge is 2.16. The molecule has 0 aliphatic heterocycles. The second kappa shape index (κ2) is 9.05. The predicted molar refractivity (Wildman–Crippen MR) is 110 cm³/mol. The highest BCUT2D eigenvalue weighted by atomic mass is 127. The Bertz CT molecular complexity index is 675. The molecule has 0 spiro atoms. The molecule has 0 fully saturated rings. The van der Waals surface area contributed by atoms with Crippen molar-refractivity contribution in [3.63, 3.8) is 0 Å². The van der Waals surface area contributed by atoms with Gasteiger partial charge >= 0.3 is 0 Å². The number of nitrogens with two attached hydrogens (primary N) is 1. The summed E-state index contributed by atoms with van der Waals surface area (Å²) < 4.78 is 5.21. The molecule has 0 aliphatic rings. The van der Waals surface area contributed by atoms with Crippen molar-refractivity contribution in [2.24, 2.45) is 10.7 Å². The molecule has 2 aromatic rings. The highest BCUT2D eigenvalue weighted by Crippen LogP contribution is 2.23. The minimum absolute atomic E-state index is 0. The van der Waals surface area contributed by atoms with Crippen molar-refractivity contribution in [1.82, 2.24) is 5.16 Å². The van der Waals surface area contributed by atoms with Gasteiger partial charge in [0.15, 0.2) is 5.96 Å². The van der Waals surface area contributed by atoms with E-state index in [0.717, 1.165) is 22.7 Å².